The maximum absolute atomic E-state index is 12.4. The third-order valence-corrected chi connectivity index (χ3v) is 5.33. The van der Waals surface area contributed by atoms with Crippen molar-refractivity contribution in [2.75, 3.05) is 12.3 Å². The lowest BCUT2D eigenvalue weighted by Gasteiger charge is -2.36. The number of phenolic OH excluding ortho intramolecular Hbond substituents is 1. The zero-order chi connectivity index (χ0) is 17.6. The van der Waals surface area contributed by atoms with Crippen LogP contribution in [0.1, 0.15) is 44.1 Å². The van der Waals surface area contributed by atoms with Gasteiger partial charge in [0.2, 0.25) is 15.9 Å². The van der Waals surface area contributed by atoms with E-state index in [-0.39, 0.29) is 36.3 Å². The van der Waals surface area contributed by atoms with Crippen LogP contribution in [0.25, 0.3) is 0 Å². The second-order valence-electron chi connectivity index (χ2n) is 6.41. The van der Waals surface area contributed by atoms with Gasteiger partial charge in [0.1, 0.15) is 5.75 Å². The van der Waals surface area contributed by atoms with Gasteiger partial charge in [-0.1, -0.05) is 12.1 Å². The van der Waals surface area contributed by atoms with Crippen LogP contribution in [0.4, 0.5) is 0 Å². The van der Waals surface area contributed by atoms with E-state index in [2.05, 4.69) is 0 Å². The third-order valence-electron chi connectivity index (χ3n) is 4.47. The summed E-state index contributed by atoms with van der Waals surface area (Å²) in [5.41, 5.74) is 1.14. The van der Waals surface area contributed by atoms with Crippen LogP contribution in [-0.4, -0.2) is 42.7 Å². The number of aromatic hydroxyl groups is 1. The molecule has 0 saturated carbocycles. The molecule has 1 heterocycles. The second-order valence-corrected chi connectivity index (χ2v) is 8.15. The molecule has 1 aliphatic heterocycles. The van der Waals surface area contributed by atoms with Gasteiger partial charge >= 0.3 is 0 Å². The number of likely N-dealkylation sites (tertiary alicyclic amines) is 1. The number of hydrogen-bond acceptors (Lipinski definition) is 4. The van der Waals surface area contributed by atoms with Crippen LogP contribution in [0.15, 0.2) is 24.3 Å². The highest BCUT2D eigenvalue weighted by molar-refractivity contribution is 7.89. The molecule has 1 saturated heterocycles. The third kappa shape index (κ3) is 6.13. The van der Waals surface area contributed by atoms with Crippen LogP contribution in [0.2, 0.25) is 0 Å². The Hall–Kier alpha value is -1.60. The summed E-state index contributed by atoms with van der Waals surface area (Å²) in [6.45, 7) is 0.744. The number of nitrogens with zero attached hydrogens (tertiary/aromatic N) is 1. The number of rotatable bonds is 7. The number of phenols is 1. The molecule has 0 aromatic heterocycles. The van der Waals surface area contributed by atoms with Gasteiger partial charge in [0.15, 0.2) is 0 Å². The van der Waals surface area contributed by atoms with E-state index in [0.29, 0.717) is 0 Å². The van der Waals surface area contributed by atoms with Gasteiger partial charge in [-0.05, 0) is 56.2 Å². The lowest BCUT2D eigenvalue weighted by atomic mass is 9.95. The molecule has 1 aromatic carbocycles. The van der Waals surface area contributed by atoms with E-state index in [0.717, 1.165) is 44.2 Å². The predicted molar refractivity (Wildman–Crippen MR) is 93.0 cm³/mol. The summed E-state index contributed by atoms with van der Waals surface area (Å²) in [4.78, 5) is 14.3. The quantitative estimate of drug-likeness (QED) is 0.779. The summed E-state index contributed by atoms with van der Waals surface area (Å²) in [6.07, 6.45) is 5.33. The number of primary sulfonamides is 1. The molecule has 2 rings (SSSR count). The van der Waals surface area contributed by atoms with Gasteiger partial charge in [-0.2, -0.15) is 0 Å². The first-order valence-corrected chi connectivity index (χ1v) is 10.1. The number of aryl methyl sites for hydroxylation is 1. The van der Waals surface area contributed by atoms with E-state index in [1.165, 1.54) is 0 Å². The van der Waals surface area contributed by atoms with E-state index in [4.69, 9.17) is 5.14 Å². The van der Waals surface area contributed by atoms with Crippen molar-refractivity contribution in [3.63, 3.8) is 0 Å². The van der Waals surface area contributed by atoms with E-state index >= 15 is 0 Å². The van der Waals surface area contributed by atoms with Crippen molar-refractivity contribution in [2.45, 2.75) is 51.0 Å². The molecular formula is C17H26N2O4S. The number of hydrogen-bond donors (Lipinski definition) is 2. The van der Waals surface area contributed by atoms with Gasteiger partial charge in [-0.25, -0.2) is 13.6 Å². The molecule has 6 nitrogen and oxygen atoms in total. The Balaban J connectivity index is 1.87. The maximum Gasteiger partial charge on any atom is 0.222 e. The molecule has 1 aromatic rings. The van der Waals surface area contributed by atoms with Crippen molar-refractivity contribution in [3.8, 4) is 5.75 Å². The summed E-state index contributed by atoms with van der Waals surface area (Å²) in [7, 11) is -3.50. The van der Waals surface area contributed by atoms with Crippen LogP contribution in [0.5, 0.6) is 5.75 Å². The minimum absolute atomic E-state index is 0.0223. The van der Waals surface area contributed by atoms with Crippen molar-refractivity contribution >= 4 is 15.9 Å². The number of benzene rings is 1. The van der Waals surface area contributed by atoms with E-state index < -0.39 is 10.0 Å². The maximum atomic E-state index is 12.4. The smallest absolute Gasteiger partial charge is 0.222 e. The molecule has 1 aliphatic rings. The topological polar surface area (TPSA) is 101 Å². The molecule has 1 fully saturated rings. The Kier molecular flexibility index (Phi) is 6.62. The lowest BCUT2D eigenvalue weighted by Crippen LogP contribution is -2.44. The molecule has 1 amide bonds. The summed E-state index contributed by atoms with van der Waals surface area (Å²) in [6, 6.07) is 7.35. The van der Waals surface area contributed by atoms with Gasteiger partial charge < -0.3 is 10.0 Å². The molecule has 1 atom stereocenters. The summed E-state index contributed by atoms with van der Waals surface area (Å²) in [5.74, 6) is 0.127. The Morgan fingerprint density at radius 1 is 1.25 bits per heavy atom. The fourth-order valence-corrected chi connectivity index (χ4v) is 3.74. The number of amides is 1. The molecule has 0 aliphatic carbocycles. The molecule has 0 spiro atoms. The van der Waals surface area contributed by atoms with E-state index in [9.17, 15) is 18.3 Å². The summed E-state index contributed by atoms with van der Waals surface area (Å²) in [5, 5.41) is 14.3. The average molecular weight is 354 g/mol. The second kappa shape index (κ2) is 8.48. The molecule has 24 heavy (non-hydrogen) atoms. The molecule has 0 radical (unpaired) electrons. The van der Waals surface area contributed by atoms with Gasteiger partial charge in [0.25, 0.3) is 0 Å². The number of nitrogens with two attached hydrogens (primary N) is 1. The normalized spacial score (nSPS) is 18.5. The highest BCUT2D eigenvalue weighted by atomic mass is 32.2. The van der Waals surface area contributed by atoms with Crippen molar-refractivity contribution in [1.82, 2.24) is 4.90 Å². The SMILES string of the molecule is NS(=O)(=O)CCCC(=O)N1CCCC[C@@H]1CCc1ccc(O)cc1. The number of carbonyl (C=O) groups is 1. The summed E-state index contributed by atoms with van der Waals surface area (Å²) >= 11 is 0. The van der Waals surface area contributed by atoms with Crippen molar-refractivity contribution in [2.24, 2.45) is 5.14 Å². The van der Waals surface area contributed by atoms with Gasteiger partial charge in [-0.3, -0.25) is 4.79 Å². The molecule has 3 N–H and O–H groups in total. The van der Waals surface area contributed by atoms with E-state index in [1.54, 1.807) is 12.1 Å². The van der Waals surface area contributed by atoms with Crippen molar-refractivity contribution < 1.29 is 18.3 Å². The van der Waals surface area contributed by atoms with Crippen molar-refractivity contribution in [1.29, 1.82) is 0 Å². The average Bonchev–Trinajstić information content (AvgIpc) is 2.53. The van der Waals surface area contributed by atoms with Crippen LogP contribution in [0, 0.1) is 0 Å². The minimum Gasteiger partial charge on any atom is -0.508 e. The molecule has 0 unspecified atom stereocenters. The molecule has 7 heteroatoms. The monoisotopic (exact) mass is 354 g/mol. The van der Waals surface area contributed by atoms with Crippen LogP contribution < -0.4 is 5.14 Å². The fourth-order valence-electron chi connectivity index (χ4n) is 3.19. The van der Waals surface area contributed by atoms with Crippen LogP contribution in [0.3, 0.4) is 0 Å². The highest BCUT2D eigenvalue weighted by Gasteiger charge is 2.26. The minimum atomic E-state index is -3.50. The first-order chi connectivity index (χ1) is 11.3. The zero-order valence-electron chi connectivity index (χ0n) is 13.9. The highest BCUT2D eigenvalue weighted by Crippen LogP contribution is 2.23. The first-order valence-electron chi connectivity index (χ1n) is 8.43. The lowest BCUT2D eigenvalue weighted by molar-refractivity contribution is -0.135. The number of piperidine rings is 1. The zero-order valence-corrected chi connectivity index (χ0v) is 14.7. The Morgan fingerprint density at radius 3 is 2.62 bits per heavy atom. The van der Waals surface area contributed by atoms with Gasteiger partial charge in [-0.15, -0.1) is 0 Å². The van der Waals surface area contributed by atoms with E-state index in [1.807, 2.05) is 17.0 Å². The number of sulfonamides is 1. The van der Waals surface area contributed by atoms with Crippen LogP contribution in [-0.2, 0) is 21.2 Å². The number of carbonyl (C=O) groups excluding carboxylic acids is 1. The molecule has 134 valence electrons. The Bertz CT molecular complexity index is 643. The van der Waals surface area contributed by atoms with Crippen molar-refractivity contribution in [3.05, 3.63) is 29.8 Å². The predicted octanol–water partition coefficient (Wildman–Crippen LogP) is 1.77. The van der Waals surface area contributed by atoms with Gasteiger partial charge in [0, 0.05) is 19.0 Å². The summed E-state index contributed by atoms with van der Waals surface area (Å²) < 4.78 is 21.9. The van der Waals surface area contributed by atoms with Gasteiger partial charge in [0.05, 0.1) is 5.75 Å². The first kappa shape index (κ1) is 18.7. The van der Waals surface area contributed by atoms with Crippen LogP contribution >= 0.6 is 0 Å². The Labute approximate surface area is 143 Å². The Morgan fingerprint density at radius 2 is 1.96 bits per heavy atom. The standard InChI is InChI=1S/C17H26N2O4S/c18-24(22,23)13-3-5-17(21)19-12-2-1-4-15(19)9-6-14-7-10-16(20)11-8-14/h7-8,10-11,15,20H,1-6,9,12-13H2,(H2,18,22,23)/t15-/m1/s1. The fraction of sp³-hybridized carbons (Fsp3) is 0.588. The molecule has 0 bridgehead atoms. The largest absolute Gasteiger partial charge is 0.508 e. The molecular weight excluding hydrogens is 328 g/mol.